The number of ether oxygens (including phenoxy) is 1. The highest BCUT2D eigenvalue weighted by Crippen LogP contribution is 2.09. The number of methoxy groups -OCH3 is 1. The first-order chi connectivity index (χ1) is 5.74. The maximum absolute atomic E-state index is 11.1. The molecule has 1 aliphatic rings. The van der Waals surface area contributed by atoms with Gasteiger partial charge in [0.15, 0.2) is 0 Å². The maximum atomic E-state index is 11.1. The van der Waals surface area contributed by atoms with Crippen LogP contribution in [0, 0.1) is 0 Å². The van der Waals surface area contributed by atoms with Crippen molar-refractivity contribution in [2.45, 2.75) is 0 Å². The van der Waals surface area contributed by atoms with E-state index in [0.29, 0.717) is 12.3 Å². The Hall–Kier alpha value is -0.710. The molecule has 0 radical (unpaired) electrons. The van der Waals surface area contributed by atoms with Gasteiger partial charge in [-0.2, -0.15) is 11.8 Å². The van der Waals surface area contributed by atoms with E-state index >= 15 is 0 Å². The number of esters is 1. The second-order valence-corrected chi connectivity index (χ2v) is 3.55. The quantitative estimate of drug-likeness (QED) is 0.561. The van der Waals surface area contributed by atoms with E-state index in [4.69, 9.17) is 0 Å². The van der Waals surface area contributed by atoms with Crippen LogP contribution < -0.4 is 0 Å². The molecule has 0 saturated carbocycles. The lowest BCUT2D eigenvalue weighted by atomic mass is 10.4. The topological polar surface area (TPSA) is 46.6 Å². The molecule has 0 unspecified atom stereocenters. The van der Waals surface area contributed by atoms with Crippen LogP contribution in [0.25, 0.3) is 0 Å². The van der Waals surface area contributed by atoms with Crippen molar-refractivity contribution >= 4 is 23.6 Å². The lowest BCUT2D eigenvalue weighted by Gasteiger charge is -2.24. The highest BCUT2D eigenvalue weighted by Gasteiger charge is 2.20. The van der Waals surface area contributed by atoms with Gasteiger partial charge in [0.05, 0.1) is 12.9 Å². The fraction of sp³-hybridized carbons (Fsp3) is 0.714. The third-order valence-corrected chi connectivity index (χ3v) is 2.55. The van der Waals surface area contributed by atoms with Gasteiger partial charge in [-0.3, -0.25) is 9.59 Å². The second-order valence-electron chi connectivity index (χ2n) is 2.44. The molecule has 0 aliphatic carbocycles. The molecular weight excluding hydrogens is 178 g/mol. The van der Waals surface area contributed by atoms with E-state index in [2.05, 4.69) is 4.74 Å². The third kappa shape index (κ3) is 2.41. The fourth-order valence-electron chi connectivity index (χ4n) is 0.938. The Bertz CT molecular complexity index is 195. The largest absolute Gasteiger partial charge is 0.468 e. The van der Waals surface area contributed by atoms with E-state index in [1.807, 2.05) is 0 Å². The zero-order valence-electron chi connectivity index (χ0n) is 6.91. The van der Waals surface area contributed by atoms with Crippen LogP contribution in [-0.2, 0) is 14.3 Å². The summed E-state index contributed by atoms with van der Waals surface area (Å²) in [7, 11) is 1.32. The molecule has 4 nitrogen and oxygen atoms in total. The Morgan fingerprint density at radius 2 is 2.50 bits per heavy atom. The molecule has 0 aromatic carbocycles. The molecule has 1 rings (SSSR count). The number of amides is 1. The minimum Gasteiger partial charge on any atom is -0.468 e. The Morgan fingerprint density at radius 1 is 1.75 bits per heavy atom. The third-order valence-electron chi connectivity index (χ3n) is 1.63. The van der Waals surface area contributed by atoms with Crippen molar-refractivity contribution in [2.24, 2.45) is 0 Å². The molecular formula is C7H11NO3S. The summed E-state index contributed by atoms with van der Waals surface area (Å²) in [6.07, 6.45) is 0. The number of hydrogen-bond acceptors (Lipinski definition) is 4. The van der Waals surface area contributed by atoms with Crippen LogP contribution in [0.5, 0.6) is 0 Å². The minimum absolute atomic E-state index is 0.0247. The standard InChI is InChI=1S/C7H11NO3S/c1-11-7(10)4-8-2-3-12-5-6(8)9/h2-5H2,1H3. The fourth-order valence-corrected chi connectivity index (χ4v) is 1.79. The molecule has 0 aromatic rings. The Kier molecular flexibility index (Phi) is 3.40. The summed E-state index contributed by atoms with van der Waals surface area (Å²) in [6, 6.07) is 0. The van der Waals surface area contributed by atoms with Gasteiger partial charge in [-0.15, -0.1) is 0 Å². The first-order valence-electron chi connectivity index (χ1n) is 3.66. The van der Waals surface area contributed by atoms with E-state index in [0.717, 1.165) is 5.75 Å². The van der Waals surface area contributed by atoms with Gasteiger partial charge in [-0.05, 0) is 0 Å². The molecule has 1 heterocycles. The first-order valence-corrected chi connectivity index (χ1v) is 4.82. The highest BCUT2D eigenvalue weighted by atomic mass is 32.2. The van der Waals surface area contributed by atoms with Crippen molar-refractivity contribution in [1.82, 2.24) is 4.90 Å². The zero-order valence-corrected chi connectivity index (χ0v) is 7.73. The molecule has 1 aliphatic heterocycles. The van der Waals surface area contributed by atoms with Crippen LogP contribution in [0.15, 0.2) is 0 Å². The Balaban J connectivity index is 2.39. The summed E-state index contributed by atoms with van der Waals surface area (Å²) in [5, 5.41) is 0. The molecule has 0 bridgehead atoms. The Morgan fingerprint density at radius 3 is 3.08 bits per heavy atom. The molecule has 5 heteroatoms. The minimum atomic E-state index is -0.352. The van der Waals surface area contributed by atoms with Gasteiger partial charge >= 0.3 is 5.97 Å². The van der Waals surface area contributed by atoms with E-state index < -0.39 is 0 Å². The number of rotatable bonds is 2. The van der Waals surface area contributed by atoms with Crippen LogP contribution in [0.2, 0.25) is 0 Å². The number of nitrogens with zero attached hydrogens (tertiary/aromatic N) is 1. The van der Waals surface area contributed by atoms with Gasteiger partial charge < -0.3 is 9.64 Å². The second kappa shape index (κ2) is 4.35. The Labute approximate surface area is 75.2 Å². The van der Waals surface area contributed by atoms with E-state index in [-0.39, 0.29) is 18.4 Å². The predicted octanol–water partition coefficient (Wildman–Crippen LogP) is -0.265. The average Bonchev–Trinajstić information content (AvgIpc) is 2.09. The van der Waals surface area contributed by atoms with Crippen molar-refractivity contribution in [3.8, 4) is 0 Å². The van der Waals surface area contributed by atoms with Crippen LogP contribution in [0.1, 0.15) is 0 Å². The molecule has 0 N–H and O–H groups in total. The SMILES string of the molecule is COC(=O)CN1CCSCC1=O. The zero-order chi connectivity index (χ0) is 8.97. The summed E-state index contributed by atoms with van der Waals surface area (Å²) in [5.74, 6) is 1.06. The summed E-state index contributed by atoms with van der Waals surface area (Å²) < 4.78 is 4.46. The van der Waals surface area contributed by atoms with Crippen LogP contribution >= 0.6 is 11.8 Å². The lowest BCUT2D eigenvalue weighted by Crippen LogP contribution is -2.41. The molecule has 0 aromatic heterocycles. The molecule has 68 valence electrons. The lowest BCUT2D eigenvalue weighted by molar-refractivity contribution is -0.146. The molecule has 1 saturated heterocycles. The highest BCUT2D eigenvalue weighted by molar-refractivity contribution is 8.00. The van der Waals surface area contributed by atoms with Crippen LogP contribution in [0.3, 0.4) is 0 Å². The number of hydrogen-bond donors (Lipinski definition) is 0. The van der Waals surface area contributed by atoms with Crippen molar-refractivity contribution in [1.29, 1.82) is 0 Å². The van der Waals surface area contributed by atoms with Gasteiger partial charge in [0.2, 0.25) is 5.91 Å². The van der Waals surface area contributed by atoms with Gasteiger partial charge in [0.25, 0.3) is 0 Å². The summed E-state index contributed by atoms with van der Waals surface area (Å²) in [5.41, 5.74) is 0. The summed E-state index contributed by atoms with van der Waals surface area (Å²) >= 11 is 1.60. The van der Waals surface area contributed by atoms with E-state index in [1.54, 1.807) is 11.8 Å². The van der Waals surface area contributed by atoms with Gasteiger partial charge in [-0.1, -0.05) is 0 Å². The normalized spacial score (nSPS) is 17.8. The molecule has 1 fully saturated rings. The van der Waals surface area contributed by atoms with Crippen LogP contribution in [-0.4, -0.2) is 48.5 Å². The van der Waals surface area contributed by atoms with Crippen molar-refractivity contribution in [3.63, 3.8) is 0 Å². The van der Waals surface area contributed by atoms with Gasteiger partial charge in [-0.25, -0.2) is 0 Å². The number of carbonyl (C=O) groups excluding carboxylic acids is 2. The summed E-state index contributed by atoms with van der Waals surface area (Å²) in [6.45, 7) is 0.745. The molecule has 12 heavy (non-hydrogen) atoms. The van der Waals surface area contributed by atoms with Gasteiger partial charge in [0, 0.05) is 12.3 Å². The van der Waals surface area contributed by atoms with Crippen molar-refractivity contribution in [3.05, 3.63) is 0 Å². The summed E-state index contributed by atoms with van der Waals surface area (Å²) in [4.78, 5) is 23.5. The molecule has 0 spiro atoms. The maximum Gasteiger partial charge on any atom is 0.325 e. The van der Waals surface area contributed by atoms with Crippen molar-refractivity contribution < 1.29 is 14.3 Å². The smallest absolute Gasteiger partial charge is 0.325 e. The van der Waals surface area contributed by atoms with E-state index in [9.17, 15) is 9.59 Å². The van der Waals surface area contributed by atoms with Crippen LogP contribution in [0.4, 0.5) is 0 Å². The number of carbonyl (C=O) groups is 2. The molecule has 0 atom stereocenters. The predicted molar refractivity (Wildman–Crippen MR) is 45.9 cm³/mol. The van der Waals surface area contributed by atoms with E-state index in [1.165, 1.54) is 12.0 Å². The first kappa shape index (κ1) is 9.38. The average molecular weight is 189 g/mol. The van der Waals surface area contributed by atoms with Gasteiger partial charge in [0.1, 0.15) is 6.54 Å². The van der Waals surface area contributed by atoms with Crippen molar-refractivity contribution in [2.75, 3.05) is 31.7 Å². The number of thioether (sulfide) groups is 1. The molecule has 1 amide bonds. The monoisotopic (exact) mass is 189 g/mol.